The number of carbonyl (C=O) groups excluding carboxylic acids is 1. The zero-order chi connectivity index (χ0) is 13.8. The lowest BCUT2D eigenvalue weighted by molar-refractivity contribution is -0.124. The smallest absolute Gasteiger partial charge is 0.238 e. The standard InChI is InChI=1S/C14H20N4O2/c19-14(16-10-4-3-7-20-9-10)13-8-12(17-18-13)11-5-1-2-6-15-11/h1-2,5-6,10,12-13,17-18H,3-4,7-9H2,(H,16,19). The summed E-state index contributed by atoms with van der Waals surface area (Å²) in [5.74, 6) is 0.0337. The molecule has 3 atom stereocenters. The van der Waals surface area contributed by atoms with Gasteiger partial charge in [-0.1, -0.05) is 6.07 Å². The first-order valence-electron chi connectivity index (χ1n) is 7.13. The summed E-state index contributed by atoms with van der Waals surface area (Å²) in [7, 11) is 0. The molecule has 0 bridgehead atoms. The minimum atomic E-state index is -0.219. The minimum absolute atomic E-state index is 0.0337. The molecule has 3 unspecified atom stereocenters. The van der Waals surface area contributed by atoms with E-state index >= 15 is 0 Å². The zero-order valence-electron chi connectivity index (χ0n) is 11.3. The molecule has 1 aromatic heterocycles. The number of amides is 1. The van der Waals surface area contributed by atoms with Crippen LogP contribution in [0.1, 0.15) is 31.0 Å². The maximum absolute atomic E-state index is 12.2. The number of aromatic nitrogens is 1. The van der Waals surface area contributed by atoms with E-state index in [2.05, 4.69) is 21.2 Å². The lowest BCUT2D eigenvalue weighted by Gasteiger charge is -2.24. The number of nitrogens with one attached hydrogen (secondary N) is 3. The summed E-state index contributed by atoms with van der Waals surface area (Å²) < 4.78 is 5.38. The quantitative estimate of drug-likeness (QED) is 0.739. The fourth-order valence-electron chi connectivity index (χ4n) is 2.66. The molecule has 2 aliphatic rings. The predicted octanol–water partition coefficient (Wildman–Crippen LogP) is 0.284. The van der Waals surface area contributed by atoms with Crippen molar-refractivity contribution in [1.82, 2.24) is 21.2 Å². The molecule has 0 aliphatic carbocycles. The molecule has 2 saturated heterocycles. The normalized spacial score (nSPS) is 30.1. The minimum Gasteiger partial charge on any atom is -0.379 e. The second-order valence-corrected chi connectivity index (χ2v) is 5.31. The number of carbonyl (C=O) groups is 1. The third-order valence-electron chi connectivity index (χ3n) is 3.77. The van der Waals surface area contributed by atoms with Crippen molar-refractivity contribution in [3.63, 3.8) is 0 Å². The summed E-state index contributed by atoms with van der Waals surface area (Å²) >= 11 is 0. The van der Waals surface area contributed by atoms with Gasteiger partial charge in [-0.25, -0.2) is 10.9 Å². The number of hydrogen-bond donors (Lipinski definition) is 3. The van der Waals surface area contributed by atoms with Crippen LogP contribution in [0.5, 0.6) is 0 Å². The summed E-state index contributed by atoms with van der Waals surface area (Å²) in [6.07, 6.45) is 4.48. The van der Waals surface area contributed by atoms with E-state index < -0.39 is 0 Å². The lowest BCUT2D eigenvalue weighted by atomic mass is 10.1. The van der Waals surface area contributed by atoms with Crippen molar-refractivity contribution < 1.29 is 9.53 Å². The molecule has 0 radical (unpaired) electrons. The van der Waals surface area contributed by atoms with Crippen molar-refractivity contribution in [2.45, 2.75) is 37.4 Å². The van der Waals surface area contributed by atoms with Gasteiger partial charge in [-0.2, -0.15) is 0 Å². The summed E-state index contributed by atoms with van der Waals surface area (Å²) in [6.45, 7) is 1.42. The monoisotopic (exact) mass is 276 g/mol. The first kappa shape index (κ1) is 13.5. The van der Waals surface area contributed by atoms with Gasteiger partial charge in [-0.3, -0.25) is 9.78 Å². The number of pyridine rings is 1. The molecule has 3 heterocycles. The molecular formula is C14H20N4O2. The molecule has 20 heavy (non-hydrogen) atoms. The van der Waals surface area contributed by atoms with Crippen LogP contribution in [0.4, 0.5) is 0 Å². The van der Waals surface area contributed by atoms with Gasteiger partial charge < -0.3 is 10.1 Å². The topological polar surface area (TPSA) is 75.3 Å². The molecule has 2 aliphatic heterocycles. The Bertz CT molecular complexity index is 448. The van der Waals surface area contributed by atoms with Crippen LogP contribution in [0, 0.1) is 0 Å². The van der Waals surface area contributed by atoms with Gasteiger partial charge in [0, 0.05) is 12.8 Å². The first-order chi connectivity index (χ1) is 9.83. The average Bonchev–Trinajstić information content (AvgIpc) is 2.99. The molecule has 6 heteroatoms. The summed E-state index contributed by atoms with van der Waals surface area (Å²) in [6, 6.07) is 5.82. The highest BCUT2D eigenvalue weighted by molar-refractivity contribution is 5.82. The maximum atomic E-state index is 12.2. The molecule has 3 N–H and O–H groups in total. The van der Waals surface area contributed by atoms with Crippen LogP contribution < -0.4 is 16.2 Å². The van der Waals surface area contributed by atoms with Gasteiger partial charge in [0.05, 0.1) is 24.4 Å². The number of nitrogens with zero attached hydrogens (tertiary/aromatic N) is 1. The zero-order valence-corrected chi connectivity index (χ0v) is 11.3. The second-order valence-electron chi connectivity index (χ2n) is 5.31. The van der Waals surface area contributed by atoms with E-state index in [0.29, 0.717) is 13.0 Å². The Morgan fingerprint density at radius 3 is 3.10 bits per heavy atom. The van der Waals surface area contributed by atoms with Crippen LogP contribution in [0.25, 0.3) is 0 Å². The average molecular weight is 276 g/mol. The van der Waals surface area contributed by atoms with E-state index in [-0.39, 0.29) is 24.0 Å². The summed E-state index contributed by atoms with van der Waals surface area (Å²) in [5.41, 5.74) is 7.14. The van der Waals surface area contributed by atoms with E-state index in [1.807, 2.05) is 18.2 Å². The molecule has 1 aromatic rings. The van der Waals surface area contributed by atoms with Crippen molar-refractivity contribution in [2.24, 2.45) is 0 Å². The van der Waals surface area contributed by atoms with Crippen LogP contribution in [-0.4, -0.2) is 36.2 Å². The van der Waals surface area contributed by atoms with Gasteiger partial charge in [0.15, 0.2) is 0 Å². The van der Waals surface area contributed by atoms with Crippen molar-refractivity contribution in [3.8, 4) is 0 Å². The molecule has 3 rings (SSSR count). The number of rotatable bonds is 3. The first-order valence-corrected chi connectivity index (χ1v) is 7.13. The Hall–Kier alpha value is -1.50. The van der Waals surface area contributed by atoms with Crippen LogP contribution in [-0.2, 0) is 9.53 Å². The Kier molecular flexibility index (Phi) is 4.25. The van der Waals surface area contributed by atoms with Gasteiger partial charge in [0.25, 0.3) is 0 Å². The lowest BCUT2D eigenvalue weighted by Crippen LogP contribution is -2.49. The van der Waals surface area contributed by atoms with Gasteiger partial charge >= 0.3 is 0 Å². The molecule has 0 aromatic carbocycles. The highest BCUT2D eigenvalue weighted by Crippen LogP contribution is 2.20. The van der Waals surface area contributed by atoms with E-state index in [1.54, 1.807) is 6.20 Å². The summed E-state index contributed by atoms with van der Waals surface area (Å²) in [5, 5.41) is 3.05. The van der Waals surface area contributed by atoms with E-state index in [0.717, 1.165) is 25.1 Å². The molecule has 6 nitrogen and oxygen atoms in total. The molecule has 108 valence electrons. The predicted molar refractivity (Wildman–Crippen MR) is 73.6 cm³/mol. The highest BCUT2D eigenvalue weighted by Gasteiger charge is 2.31. The van der Waals surface area contributed by atoms with Gasteiger partial charge in [-0.15, -0.1) is 0 Å². The van der Waals surface area contributed by atoms with Crippen LogP contribution in [0.2, 0.25) is 0 Å². The van der Waals surface area contributed by atoms with Gasteiger partial charge in [-0.05, 0) is 31.4 Å². The molecule has 0 spiro atoms. The maximum Gasteiger partial charge on any atom is 0.238 e. The summed E-state index contributed by atoms with van der Waals surface area (Å²) in [4.78, 5) is 16.5. The number of hydrazine groups is 1. The highest BCUT2D eigenvalue weighted by atomic mass is 16.5. The van der Waals surface area contributed by atoms with Gasteiger partial charge in [0.2, 0.25) is 5.91 Å². The Labute approximate surface area is 118 Å². The van der Waals surface area contributed by atoms with Gasteiger partial charge in [0.1, 0.15) is 6.04 Å². The number of hydrogen-bond acceptors (Lipinski definition) is 5. The Morgan fingerprint density at radius 1 is 1.40 bits per heavy atom. The van der Waals surface area contributed by atoms with Crippen LogP contribution >= 0.6 is 0 Å². The Balaban J connectivity index is 1.53. The second kappa shape index (κ2) is 6.30. The van der Waals surface area contributed by atoms with Crippen molar-refractivity contribution in [2.75, 3.05) is 13.2 Å². The molecule has 0 saturated carbocycles. The van der Waals surface area contributed by atoms with Crippen LogP contribution in [0.15, 0.2) is 24.4 Å². The van der Waals surface area contributed by atoms with Crippen molar-refractivity contribution in [3.05, 3.63) is 30.1 Å². The third kappa shape index (κ3) is 3.15. The Morgan fingerprint density at radius 2 is 2.35 bits per heavy atom. The molecule has 2 fully saturated rings. The fourth-order valence-corrected chi connectivity index (χ4v) is 2.66. The van der Waals surface area contributed by atoms with E-state index in [9.17, 15) is 4.79 Å². The van der Waals surface area contributed by atoms with E-state index in [1.165, 1.54) is 0 Å². The molecule has 1 amide bonds. The molecular weight excluding hydrogens is 256 g/mol. The van der Waals surface area contributed by atoms with Crippen molar-refractivity contribution >= 4 is 5.91 Å². The largest absolute Gasteiger partial charge is 0.379 e. The van der Waals surface area contributed by atoms with E-state index in [4.69, 9.17) is 4.74 Å². The SMILES string of the molecule is O=C(NC1CCCOC1)C1CC(c2ccccn2)NN1. The number of ether oxygens (including phenoxy) is 1. The fraction of sp³-hybridized carbons (Fsp3) is 0.571. The van der Waals surface area contributed by atoms with Crippen molar-refractivity contribution in [1.29, 1.82) is 0 Å². The third-order valence-corrected chi connectivity index (χ3v) is 3.77. The van der Waals surface area contributed by atoms with Crippen LogP contribution in [0.3, 0.4) is 0 Å².